The van der Waals surface area contributed by atoms with Crippen molar-refractivity contribution in [1.29, 1.82) is 0 Å². The van der Waals surface area contributed by atoms with Crippen molar-refractivity contribution in [3.63, 3.8) is 0 Å². The van der Waals surface area contributed by atoms with Crippen LogP contribution < -0.4 is 0 Å². The fourth-order valence-corrected chi connectivity index (χ4v) is 2.30. The maximum atomic E-state index is 6.15. The van der Waals surface area contributed by atoms with Crippen molar-refractivity contribution in [2.24, 2.45) is 0 Å². The van der Waals surface area contributed by atoms with Crippen molar-refractivity contribution < 1.29 is 4.43 Å². The second-order valence-electron chi connectivity index (χ2n) is 5.65. The molecule has 16 heavy (non-hydrogen) atoms. The Labute approximate surface area is 102 Å². The summed E-state index contributed by atoms with van der Waals surface area (Å²) < 4.78 is 6.15. The van der Waals surface area contributed by atoms with Crippen LogP contribution in [0.25, 0.3) is 0 Å². The second kappa shape index (κ2) is 6.27. The van der Waals surface area contributed by atoms with E-state index in [4.69, 9.17) is 10.8 Å². The van der Waals surface area contributed by atoms with Gasteiger partial charge in [0.25, 0.3) is 0 Å². The average molecular weight is 238 g/mol. The smallest absolute Gasteiger partial charge is 0.193 e. The minimum atomic E-state index is -1.73. The first-order valence-electron chi connectivity index (χ1n) is 6.03. The third-order valence-electron chi connectivity index (χ3n) is 3.18. The Morgan fingerprint density at radius 3 is 2.25 bits per heavy atom. The summed E-state index contributed by atoms with van der Waals surface area (Å²) in [5.74, 6) is 2.75. The molecular weight excluding hydrogens is 212 g/mol. The van der Waals surface area contributed by atoms with E-state index in [0.717, 1.165) is 12.8 Å². The van der Waals surface area contributed by atoms with E-state index in [-0.39, 0.29) is 11.1 Å². The Balaban J connectivity index is 4.44. The highest BCUT2D eigenvalue weighted by Crippen LogP contribution is 2.37. The first-order chi connectivity index (χ1) is 7.24. The average Bonchev–Trinajstić information content (AvgIpc) is 2.14. The van der Waals surface area contributed by atoms with Gasteiger partial charge in [-0.2, -0.15) is 0 Å². The van der Waals surface area contributed by atoms with E-state index in [1.54, 1.807) is 0 Å². The van der Waals surface area contributed by atoms with Crippen molar-refractivity contribution in [1.82, 2.24) is 0 Å². The van der Waals surface area contributed by atoms with Crippen molar-refractivity contribution in [2.75, 3.05) is 0 Å². The lowest BCUT2D eigenvalue weighted by Crippen LogP contribution is -2.43. The minimum absolute atomic E-state index is 0.0660. The lowest BCUT2D eigenvalue weighted by molar-refractivity contribution is 0.236. The molecule has 0 aromatic heterocycles. The van der Waals surface area contributed by atoms with E-state index in [1.807, 2.05) is 0 Å². The molecule has 0 radical (unpaired) electrons. The summed E-state index contributed by atoms with van der Waals surface area (Å²) in [5, 5.41) is 0.219. The highest BCUT2D eigenvalue weighted by atomic mass is 28.4. The molecule has 0 aromatic rings. The highest BCUT2D eigenvalue weighted by Gasteiger charge is 2.38. The molecule has 1 atom stereocenters. The van der Waals surface area contributed by atoms with Gasteiger partial charge in [-0.15, -0.1) is 6.42 Å². The molecule has 0 saturated carbocycles. The van der Waals surface area contributed by atoms with Gasteiger partial charge in [-0.05, 0) is 24.6 Å². The van der Waals surface area contributed by atoms with Crippen LogP contribution in [0.5, 0.6) is 0 Å². The van der Waals surface area contributed by atoms with Crippen LogP contribution in [0.15, 0.2) is 12.2 Å². The third kappa shape index (κ3) is 5.00. The molecule has 0 fully saturated rings. The van der Waals surface area contributed by atoms with Crippen LogP contribution >= 0.6 is 0 Å². The maximum Gasteiger partial charge on any atom is 0.193 e. The predicted octanol–water partition coefficient (Wildman–Crippen LogP) is 4.37. The van der Waals surface area contributed by atoms with Gasteiger partial charge >= 0.3 is 0 Å². The van der Waals surface area contributed by atoms with Crippen LogP contribution in [0, 0.1) is 12.3 Å². The molecule has 2 heteroatoms. The van der Waals surface area contributed by atoms with E-state index in [2.05, 4.69) is 58.9 Å². The van der Waals surface area contributed by atoms with E-state index < -0.39 is 8.32 Å². The van der Waals surface area contributed by atoms with Crippen LogP contribution in [0.1, 0.15) is 40.5 Å². The molecule has 0 amide bonds. The SMILES string of the molecule is C#C[C@H](C/C=C/CC)O[Si](C)(C)C(C)(C)C. The van der Waals surface area contributed by atoms with Gasteiger partial charge in [-0.1, -0.05) is 45.8 Å². The zero-order chi connectivity index (χ0) is 12.8. The number of hydrogen-bond acceptors (Lipinski definition) is 1. The first-order valence-corrected chi connectivity index (χ1v) is 8.94. The monoisotopic (exact) mass is 238 g/mol. The van der Waals surface area contributed by atoms with Crippen molar-refractivity contribution in [3.05, 3.63) is 12.2 Å². The Morgan fingerprint density at radius 1 is 1.31 bits per heavy atom. The van der Waals surface area contributed by atoms with Gasteiger partial charge in [0.1, 0.15) is 6.10 Å². The lowest BCUT2D eigenvalue weighted by Gasteiger charge is -2.37. The number of hydrogen-bond donors (Lipinski definition) is 0. The maximum absolute atomic E-state index is 6.15. The summed E-state index contributed by atoms with van der Waals surface area (Å²) in [6.07, 6.45) is 11.6. The summed E-state index contributed by atoms with van der Waals surface area (Å²) in [6.45, 7) is 13.3. The van der Waals surface area contributed by atoms with Gasteiger partial charge < -0.3 is 4.43 Å². The summed E-state index contributed by atoms with van der Waals surface area (Å²) in [6, 6.07) is 0. The first kappa shape index (κ1) is 15.5. The van der Waals surface area contributed by atoms with Gasteiger partial charge in [-0.25, -0.2) is 0 Å². The molecule has 0 aromatic carbocycles. The molecule has 1 nitrogen and oxygen atoms in total. The Morgan fingerprint density at radius 2 is 1.88 bits per heavy atom. The van der Waals surface area contributed by atoms with E-state index in [9.17, 15) is 0 Å². The molecule has 0 unspecified atom stereocenters. The molecule has 0 spiro atoms. The van der Waals surface area contributed by atoms with Crippen LogP contribution in [-0.2, 0) is 4.43 Å². The Hall–Kier alpha value is -0.523. The normalized spacial score (nSPS) is 15.1. The highest BCUT2D eigenvalue weighted by molar-refractivity contribution is 6.74. The second-order valence-corrected chi connectivity index (χ2v) is 10.4. The largest absolute Gasteiger partial charge is 0.403 e. The van der Waals surface area contributed by atoms with E-state index >= 15 is 0 Å². The fourth-order valence-electron chi connectivity index (χ4n) is 1.07. The number of allylic oxidation sites excluding steroid dienone is 1. The summed E-state index contributed by atoms with van der Waals surface area (Å²) in [4.78, 5) is 0. The Kier molecular flexibility index (Phi) is 6.07. The summed E-state index contributed by atoms with van der Waals surface area (Å²) >= 11 is 0. The molecule has 0 aliphatic rings. The van der Waals surface area contributed by atoms with Gasteiger partial charge in [0.15, 0.2) is 8.32 Å². The number of rotatable bonds is 5. The van der Waals surface area contributed by atoms with E-state index in [0.29, 0.717) is 0 Å². The van der Waals surface area contributed by atoms with Crippen molar-refractivity contribution in [2.45, 2.75) is 64.8 Å². The molecule has 0 aliphatic carbocycles. The minimum Gasteiger partial charge on any atom is -0.403 e. The van der Waals surface area contributed by atoms with Gasteiger partial charge in [0, 0.05) is 6.42 Å². The van der Waals surface area contributed by atoms with E-state index in [1.165, 1.54) is 0 Å². The van der Waals surface area contributed by atoms with Crippen LogP contribution in [-0.4, -0.2) is 14.4 Å². The molecular formula is C14H26OSi. The zero-order valence-corrected chi connectivity index (χ0v) is 12.6. The van der Waals surface area contributed by atoms with Crippen molar-refractivity contribution >= 4 is 8.32 Å². The molecule has 92 valence electrons. The lowest BCUT2D eigenvalue weighted by atomic mass is 10.2. The van der Waals surface area contributed by atoms with Gasteiger partial charge in [0.05, 0.1) is 0 Å². The van der Waals surface area contributed by atoms with Crippen LogP contribution in [0.2, 0.25) is 18.1 Å². The molecule has 0 saturated heterocycles. The predicted molar refractivity (Wildman–Crippen MR) is 75.0 cm³/mol. The molecule has 0 rings (SSSR count). The Bertz CT molecular complexity index is 265. The van der Waals surface area contributed by atoms with Crippen molar-refractivity contribution in [3.8, 4) is 12.3 Å². The molecule has 0 aliphatic heterocycles. The topological polar surface area (TPSA) is 9.23 Å². The molecule has 0 heterocycles. The van der Waals surface area contributed by atoms with Crippen LogP contribution in [0.3, 0.4) is 0 Å². The zero-order valence-electron chi connectivity index (χ0n) is 11.6. The van der Waals surface area contributed by atoms with Gasteiger partial charge in [0.2, 0.25) is 0 Å². The third-order valence-corrected chi connectivity index (χ3v) is 7.67. The molecule has 0 N–H and O–H groups in total. The quantitative estimate of drug-likeness (QED) is 0.393. The van der Waals surface area contributed by atoms with Crippen LogP contribution in [0.4, 0.5) is 0 Å². The van der Waals surface area contributed by atoms with Gasteiger partial charge in [-0.3, -0.25) is 0 Å². The summed E-state index contributed by atoms with van der Waals surface area (Å²) in [7, 11) is -1.73. The molecule has 0 bridgehead atoms. The summed E-state index contributed by atoms with van der Waals surface area (Å²) in [5.41, 5.74) is 0. The fraction of sp³-hybridized carbons (Fsp3) is 0.714. The number of terminal acetylenes is 1. The standard InChI is InChI=1S/C14H26OSi/c1-8-10-11-12-13(9-2)15-16(6,7)14(3,4)5/h2,10-11,13H,8,12H2,1,3-7H3/b11-10+/t13-/m1/s1.